The van der Waals surface area contributed by atoms with E-state index >= 15 is 0 Å². The first-order valence-electron chi connectivity index (χ1n) is 13.3. The van der Waals surface area contributed by atoms with Crippen LogP contribution in [0.4, 0.5) is 10.6 Å². The van der Waals surface area contributed by atoms with Crippen molar-refractivity contribution in [3.8, 4) is 22.5 Å². The number of benzene rings is 2. The minimum Gasteiger partial charge on any atom is -0.444 e. The van der Waals surface area contributed by atoms with Gasteiger partial charge in [0.05, 0.1) is 11.4 Å². The van der Waals surface area contributed by atoms with Gasteiger partial charge in [0, 0.05) is 39.7 Å². The molecule has 2 aromatic heterocycles. The maximum absolute atomic E-state index is 12.9. The predicted molar refractivity (Wildman–Crippen MR) is 166 cm³/mol. The van der Waals surface area contributed by atoms with Gasteiger partial charge in [-0.05, 0) is 64.4 Å². The Morgan fingerprint density at radius 2 is 1.74 bits per heavy atom. The molecule has 0 aliphatic rings. The van der Waals surface area contributed by atoms with Gasteiger partial charge in [0.15, 0.2) is 0 Å². The Balaban J connectivity index is 1.55. The van der Waals surface area contributed by atoms with E-state index in [-0.39, 0.29) is 46.8 Å². The van der Waals surface area contributed by atoms with Crippen LogP contribution in [0.2, 0.25) is 15.1 Å². The Bertz CT molecular complexity index is 1700. The van der Waals surface area contributed by atoms with E-state index in [9.17, 15) is 14.4 Å². The van der Waals surface area contributed by atoms with Crippen LogP contribution in [-0.4, -0.2) is 38.3 Å². The van der Waals surface area contributed by atoms with E-state index in [4.69, 9.17) is 49.8 Å². The lowest BCUT2D eigenvalue weighted by atomic mass is 10.0. The summed E-state index contributed by atoms with van der Waals surface area (Å²) in [6, 6.07) is 11.4. The molecule has 0 aliphatic carbocycles. The fraction of sp³-hybridized carbons (Fsp3) is 0.300. The molecule has 2 heterocycles. The van der Waals surface area contributed by atoms with Crippen molar-refractivity contribution < 1.29 is 23.6 Å². The van der Waals surface area contributed by atoms with Crippen LogP contribution in [-0.2, 0) is 22.4 Å². The molecule has 2 aromatic carbocycles. The van der Waals surface area contributed by atoms with Crippen LogP contribution >= 0.6 is 34.8 Å². The highest BCUT2D eigenvalue weighted by Gasteiger charge is 2.28. The van der Waals surface area contributed by atoms with Gasteiger partial charge in [0.1, 0.15) is 39.9 Å². The summed E-state index contributed by atoms with van der Waals surface area (Å²) in [5.74, 6) is -0.484. The number of ether oxygens (including phenoxy) is 1. The number of carbonyl (C=O) groups is 3. The minimum atomic E-state index is -0.797. The van der Waals surface area contributed by atoms with Crippen LogP contribution in [0.15, 0.2) is 47.0 Å². The van der Waals surface area contributed by atoms with E-state index in [1.807, 2.05) is 13.8 Å². The zero-order valence-corrected chi connectivity index (χ0v) is 26.4. The molecule has 0 saturated heterocycles. The second kappa shape index (κ2) is 12.8. The molecule has 13 heteroatoms. The number of amides is 2. The van der Waals surface area contributed by atoms with Crippen LogP contribution < -0.4 is 11.1 Å². The molecule has 0 bridgehead atoms. The normalized spacial score (nSPS) is 11.6. The summed E-state index contributed by atoms with van der Waals surface area (Å²) in [7, 11) is 0. The van der Waals surface area contributed by atoms with Gasteiger partial charge in [-0.15, -0.1) is 0 Å². The predicted octanol–water partition coefficient (Wildman–Crippen LogP) is 7.55. The highest BCUT2D eigenvalue weighted by molar-refractivity contribution is 6.36. The fourth-order valence-corrected chi connectivity index (χ4v) is 5.04. The summed E-state index contributed by atoms with van der Waals surface area (Å²) in [5.41, 5.74) is 7.36. The van der Waals surface area contributed by atoms with E-state index < -0.39 is 17.6 Å². The number of primary amides is 1. The smallest absolute Gasteiger partial charge is 0.413 e. The number of nitrogens with two attached hydrogens (primary N) is 1. The van der Waals surface area contributed by atoms with Crippen molar-refractivity contribution in [2.24, 2.45) is 5.73 Å². The number of nitrogens with one attached hydrogen (secondary N) is 1. The highest BCUT2D eigenvalue weighted by atomic mass is 35.5. The molecular formula is C30H30Cl3N5O5. The molecule has 0 spiro atoms. The van der Waals surface area contributed by atoms with Crippen molar-refractivity contribution in [2.45, 2.75) is 59.1 Å². The maximum atomic E-state index is 12.9. The number of ketones is 1. The summed E-state index contributed by atoms with van der Waals surface area (Å²) in [4.78, 5) is 38.0. The molecule has 10 nitrogen and oxygen atoms in total. The number of aromatic nitrogens is 3. The maximum Gasteiger partial charge on any atom is 0.413 e. The van der Waals surface area contributed by atoms with Crippen molar-refractivity contribution >= 4 is 58.4 Å². The van der Waals surface area contributed by atoms with Crippen molar-refractivity contribution in [1.29, 1.82) is 0 Å². The first-order valence-corrected chi connectivity index (χ1v) is 14.4. The van der Waals surface area contributed by atoms with Crippen LogP contribution in [0.3, 0.4) is 0 Å². The van der Waals surface area contributed by atoms with Crippen LogP contribution in [0, 0.1) is 0 Å². The van der Waals surface area contributed by atoms with Crippen LogP contribution in [0.25, 0.3) is 22.5 Å². The van der Waals surface area contributed by atoms with Gasteiger partial charge in [-0.2, -0.15) is 5.10 Å². The highest BCUT2D eigenvalue weighted by Crippen LogP contribution is 2.34. The summed E-state index contributed by atoms with van der Waals surface area (Å²) < 4.78 is 12.2. The van der Waals surface area contributed by atoms with E-state index in [1.165, 1.54) is 4.68 Å². The van der Waals surface area contributed by atoms with Crippen molar-refractivity contribution in [3.63, 3.8) is 0 Å². The lowest BCUT2D eigenvalue weighted by molar-refractivity contribution is -0.118. The number of nitrogens with zero attached hydrogens (tertiary/aromatic N) is 3. The number of carbonyl (C=O) groups excluding carboxylic acids is 3. The first kappa shape index (κ1) is 32.1. The van der Waals surface area contributed by atoms with Gasteiger partial charge in [0.2, 0.25) is 0 Å². The third-order valence-corrected chi connectivity index (χ3v) is 7.02. The van der Waals surface area contributed by atoms with E-state index in [1.54, 1.807) is 63.2 Å². The average Bonchev–Trinajstić information content (AvgIpc) is 3.49. The van der Waals surface area contributed by atoms with Gasteiger partial charge in [-0.25, -0.2) is 9.48 Å². The molecule has 4 aromatic rings. The molecule has 0 radical (unpaired) electrons. The van der Waals surface area contributed by atoms with Crippen LogP contribution in [0.1, 0.15) is 62.3 Å². The Morgan fingerprint density at radius 1 is 1.02 bits per heavy atom. The lowest BCUT2D eigenvalue weighted by Crippen LogP contribution is -2.29. The summed E-state index contributed by atoms with van der Waals surface area (Å²) in [6.07, 6.45) is -0.753. The number of rotatable bonds is 9. The molecule has 0 saturated carbocycles. The topological polar surface area (TPSA) is 142 Å². The number of hydrogen-bond donors (Lipinski definition) is 2. The lowest BCUT2D eigenvalue weighted by Gasteiger charge is -2.20. The minimum absolute atomic E-state index is 0.00127. The number of Topliss-reactive ketones (excluding diaryl/α,β-unsaturated/α-hetero) is 1. The van der Waals surface area contributed by atoms with Crippen LogP contribution in [0.5, 0.6) is 0 Å². The summed E-state index contributed by atoms with van der Waals surface area (Å²) in [5, 5.41) is 12.4. The summed E-state index contributed by atoms with van der Waals surface area (Å²) in [6.45, 7) is 8.85. The van der Waals surface area contributed by atoms with E-state index in [0.717, 1.165) is 0 Å². The van der Waals surface area contributed by atoms with Crippen molar-refractivity contribution in [2.75, 3.05) is 5.32 Å². The van der Waals surface area contributed by atoms with Crippen molar-refractivity contribution in [3.05, 3.63) is 74.4 Å². The summed E-state index contributed by atoms with van der Waals surface area (Å²) >= 11 is 18.8. The molecule has 0 aliphatic heterocycles. The average molecular weight is 647 g/mol. The van der Waals surface area contributed by atoms with Gasteiger partial charge in [0.25, 0.3) is 5.91 Å². The van der Waals surface area contributed by atoms with Gasteiger partial charge in [-0.3, -0.25) is 14.9 Å². The molecule has 226 valence electrons. The number of hydrogen-bond acceptors (Lipinski definition) is 7. The Labute approximate surface area is 263 Å². The van der Waals surface area contributed by atoms with Gasteiger partial charge >= 0.3 is 6.09 Å². The molecule has 43 heavy (non-hydrogen) atoms. The molecule has 2 amide bonds. The molecule has 3 N–H and O–H groups in total. The molecule has 4 rings (SSSR count). The molecule has 0 atom stereocenters. The largest absolute Gasteiger partial charge is 0.444 e. The van der Waals surface area contributed by atoms with E-state index in [0.29, 0.717) is 38.2 Å². The van der Waals surface area contributed by atoms with Crippen molar-refractivity contribution in [1.82, 2.24) is 14.9 Å². The third kappa shape index (κ3) is 7.76. The zero-order chi connectivity index (χ0) is 31.6. The number of halogens is 3. The Kier molecular flexibility index (Phi) is 9.54. The van der Waals surface area contributed by atoms with Gasteiger partial charge in [-0.1, -0.05) is 52.1 Å². The Morgan fingerprint density at radius 3 is 2.35 bits per heavy atom. The fourth-order valence-electron chi connectivity index (χ4n) is 4.29. The Hall–Kier alpha value is -3.86. The molecular weight excluding hydrogens is 617 g/mol. The molecule has 0 fully saturated rings. The first-order chi connectivity index (χ1) is 20.1. The quantitative estimate of drug-likeness (QED) is 0.191. The monoisotopic (exact) mass is 645 g/mol. The second-order valence-corrected chi connectivity index (χ2v) is 12.4. The zero-order valence-electron chi connectivity index (χ0n) is 24.1. The standard InChI is InChI=1S/C30H30Cl3N5O5/c1-15(2)38-28(35-29(41)42-30(3,4)5)25(27(34)40)26(36-38)17-7-6-16(22(32)11-17)10-19(39)13-20-14-24(37-43-20)21-9-8-18(31)12-23(21)33/h6-9,11-12,14-15H,10,13H2,1-5H3,(H2,34,40)(H,35,41). The van der Waals surface area contributed by atoms with Gasteiger partial charge < -0.3 is 15.0 Å². The third-order valence-electron chi connectivity index (χ3n) is 6.12. The number of anilines is 1. The second-order valence-electron chi connectivity index (χ2n) is 11.1. The SMILES string of the molecule is CC(C)n1nc(-c2ccc(CC(=O)Cc3cc(-c4ccc(Cl)cc4Cl)no3)c(Cl)c2)c(C(N)=O)c1NC(=O)OC(C)(C)C. The van der Waals surface area contributed by atoms with E-state index in [2.05, 4.69) is 15.6 Å². The molecule has 0 unspecified atom stereocenters.